The molecule has 3 aromatic rings. The number of nitrogens with one attached hydrogen (secondary N) is 1. The predicted molar refractivity (Wildman–Crippen MR) is 134 cm³/mol. The van der Waals surface area contributed by atoms with Gasteiger partial charge in [-0.25, -0.2) is 4.79 Å². The second-order valence-electron chi connectivity index (χ2n) is 9.04. The third-order valence-corrected chi connectivity index (χ3v) is 6.69. The van der Waals surface area contributed by atoms with Crippen molar-refractivity contribution in [3.63, 3.8) is 0 Å². The molecule has 8 nitrogen and oxygen atoms in total. The first-order valence-corrected chi connectivity index (χ1v) is 11.9. The first-order valence-electron chi connectivity index (χ1n) is 11.9. The Hall–Kier alpha value is -3.65. The number of carbonyl (C=O) groups excluding carboxylic acids is 2. The van der Waals surface area contributed by atoms with Gasteiger partial charge in [0.25, 0.3) is 0 Å². The Labute approximate surface area is 204 Å². The van der Waals surface area contributed by atoms with Gasteiger partial charge in [0.2, 0.25) is 11.8 Å². The molecule has 1 aliphatic heterocycles. The molecular weight excluding hydrogens is 446 g/mol. The summed E-state index contributed by atoms with van der Waals surface area (Å²) >= 11 is 0. The van der Waals surface area contributed by atoms with E-state index in [0.29, 0.717) is 30.0 Å². The van der Waals surface area contributed by atoms with Crippen molar-refractivity contribution in [2.24, 2.45) is 11.7 Å². The number of rotatable bonds is 8. The molecule has 0 radical (unpaired) electrons. The molecule has 2 heterocycles. The van der Waals surface area contributed by atoms with Crippen molar-refractivity contribution in [3.05, 3.63) is 69.6 Å². The van der Waals surface area contributed by atoms with Crippen LogP contribution in [0.4, 0.5) is 5.69 Å². The van der Waals surface area contributed by atoms with Crippen molar-refractivity contribution in [2.45, 2.75) is 39.2 Å². The smallest absolute Gasteiger partial charge is 0.339 e. The van der Waals surface area contributed by atoms with Gasteiger partial charge >= 0.3 is 5.63 Å². The molecule has 0 bridgehead atoms. The number of benzene rings is 2. The molecule has 2 aromatic carbocycles. The zero-order valence-corrected chi connectivity index (χ0v) is 20.1. The zero-order chi connectivity index (χ0) is 24.9. The second kappa shape index (κ2) is 10.7. The molecule has 1 saturated heterocycles. The van der Waals surface area contributed by atoms with Crippen molar-refractivity contribution in [1.82, 2.24) is 4.90 Å². The highest BCUT2D eigenvalue weighted by Gasteiger charge is 2.24. The minimum atomic E-state index is -0.439. The number of amides is 2. The van der Waals surface area contributed by atoms with Gasteiger partial charge < -0.3 is 20.2 Å². The minimum absolute atomic E-state index is 0.136. The van der Waals surface area contributed by atoms with Gasteiger partial charge in [0.05, 0.1) is 13.0 Å². The highest BCUT2D eigenvalue weighted by molar-refractivity contribution is 5.92. The summed E-state index contributed by atoms with van der Waals surface area (Å²) in [4.78, 5) is 39.2. The lowest BCUT2D eigenvalue weighted by molar-refractivity contribution is -0.123. The van der Waals surface area contributed by atoms with Crippen LogP contribution >= 0.6 is 0 Å². The molecule has 0 aliphatic carbocycles. The standard InChI is InChI=1S/C27H31N3O5/c1-17-21-10-9-20(34-2)14-24(21)35-27(33)22(17)11-12-25(31)29-23-8-4-3-6-18(23)15-30-13-5-7-19(16-30)26(28)32/h3-4,6,8-10,14,19H,5,7,11-13,15-16H2,1-2H3,(H2,28,32)(H,29,31). The van der Waals surface area contributed by atoms with E-state index in [4.69, 9.17) is 14.9 Å². The average Bonchev–Trinajstić information content (AvgIpc) is 2.85. The maximum atomic E-state index is 12.8. The molecule has 4 rings (SSSR count). The van der Waals surface area contributed by atoms with E-state index in [2.05, 4.69) is 10.2 Å². The van der Waals surface area contributed by atoms with E-state index in [1.165, 1.54) is 0 Å². The fourth-order valence-corrected chi connectivity index (χ4v) is 4.69. The molecule has 1 atom stereocenters. The number of anilines is 1. The van der Waals surface area contributed by atoms with Crippen molar-refractivity contribution >= 4 is 28.5 Å². The van der Waals surface area contributed by atoms with Crippen LogP contribution < -0.4 is 21.4 Å². The summed E-state index contributed by atoms with van der Waals surface area (Å²) in [6.45, 7) is 4.00. The molecule has 1 unspecified atom stereocenters. The van der Waals surface area contributed by atoms with Crippen LogP contribution in [-0.2, 0) is 22.6 Å². The summed E-state index contributed by atoms with van der Waals surface area (Å²) in [5.41, 5.74) is 8.54. The number of piperidine rings is 1. The lowest BCUT2D eigenvalue weighted by atomic mass is 9.97. The summed E-state index contributed by atoms with van der Waals surface area (Å²) in [6.07, 6.45) is 2.16. The number of hydrogen-bond acceptors (Lipinski definition) is 6. The van der Waals surface area contributed by atoms with E-state index < -0.39 is 5.63 Å². The number of primary amides is 1. The Morgan fingerprint density at radius 1 is 1.23 bits per heavy atom. The van der Waals surface area contributed by atoms with Crippen LogP contribution in [-0.4, -0.2) is 36.9 Å². The molecular formula is C27H31N3O5. The Bertz CT molecular complexity index is 1300. The van der Waals surface area contributed by atoms with E-state index in [1.54, 1.807) is 13.2 Å². The third-order valence-electron chi connectivity index (χ3n) is 6.69. The van der Waals surface area contributed by atoms with Crippen LogP contribution in [0, 0.1) is 12.8 Å². The highest BCUT2D eigenvalue weighted by atomic mass is 16.5. The van der Waals surface area contributed by atoms with E-state index in [1.807, 2.05) is 43.3 Å². The monoisotopic (exact) mass is 477 g/mol. The summed E-state index contributed by atoms with van der Waals surface area (Å²) in [5.74, 6) is 0.0349. The normalized spacial score (nSPS) is 16.2. The number of aryl methyl sites for hydroxylation is 1. The number of fused-ring (bicyclic) bond motifs is 1. The van der Waals surface area contributed by atoms with Crippen LogP contribution in [0.3, 0.4) is 0 Å². The first-order chi connectivity index (χ1) is 16.9. The number of hydrogen-bond donors (Lipinski definition) is 2. The number of para-hydroxylation sites is 1. The van der Waals surface area contributed by atoms with E-state index in [9.17, 15) is 14.4 Å². The molecule has 0 spiro atoms. The molecule has 2 amide bonds. The number of nitrogens with two attached hydrogens (primary N) is 1. The number of carbonyl (C=O) groups is 2. The largest absolute Gasteiger partial charge is 0.497 e. The van der Waals surface area contributed by atoms with E-state index in [0.717, 1.165) is 41.6 Å². The molecule has 3 N–H and O–H groups in total. The van der Waals surface area contributed by atoms with Crippen LogP contribution in [0.25, 0.3) is 11.0 Å². The average molecular weight is 478 g/mol. The SMILES string of the molecule is COc1ccc2c(C)c(CCC(=O)Nc3ccccc3CN3CCCC(C(N)=O)C3)c(=O)oc2c1. The molecule has 35 heavy (non-hydrogen) atoms. The maximum absolute atomic E-state index is 12.8. The van der Waals surface area contributed by atoms with Crippen molar-refractivity contribution in [2.75, 3.05) is 25.5 Å². The quantitative estimate of drug-likeness (QED) is 0.481. The van der Waals surface area contributed by atoms with Crippen molar-refractivity contribution < 1.29 is 18.7 Å². The summed E-state index contributed by atoms with van der Waals surface area (Å²) in [7, 11) is 1.56. The predicted octanol–water partition coefficient (Wildman–Crippen LogP) is 3.38. The number of ether oxygens (including phenoxy) is 1. The Kier molecular flexibility index (Phi) is 7.51. The summed E-state index contributed by atoms with van der Waals surface area (Å²) in [6, 6.07) is 13.0. The molecule has 8 heteroatoms. The molecule has 184 valence electrons. The van der Waals surface area contributed by atoms with Gasteiger partial charge in [-0.1, -0.05) is 18.2 Å². The van der Waals surface area contributed by atoms with Gasteiger partial charge in [-0.05, 0) is 62.1 Å². The lowest BCUT2D eigenvalue weighted by Gasteiger charge is -2.31. The van der Waals surface area contributed by atoms with Crippen LogP contribution in [0.2, 0.25) is 0 Å². The van der Waals surface area contributed by atoms with Gasteiger partial charge in [-0.15, -0.1) is 0 Å². The second-order valence-corrected chi connectivity index (χ2v) is 9.04. The van der Waals surface area contributed by atoms with Gasteiger partial charge in [0, 0.05) is 42.2 Å². The highest BCUT2D eigenvalue weighted by Crippen LogP contribution is 2.25. The Balaban J connectivity index is 1.43. The molecule has 1 aromatic heterocycles. The molecule has 0 saturated carbocycles. The topological polar surface area (TPSA) is 115 Å². The number of methoxy groups -OCH3 is 1. The summed E-state index contributed by atoms with van der Waals surface area (Å²) in [5, 5.41) is 3.81. The summed E-state index contributed by atoms with van der Waals surface area (Å²) < 4.78 is 10.7. The Morgan fingerprint density at radius 3 is 2.80 bits per heavy atom. The lowest BCUT2D eigenvalue weighted by Crippen LogP contribution is -2.40. The number of likely N-dealkylation sites (tertiary alicyclic amines) is 1. The zero-order valence-electron chi connectivity index (χ0n) is 20.1. The van der Waals surface area contributed by atoms with Gasteiger partial charge in [-0.3, -0.25) is 14.5 Å². The maximum Gasteiger partial charge on any atom is 0.339 e. The number of nitrogens with zero attached hydrogens (tertiary/aromatic N) is 1. The van der Waals surface area contributed by atoms with E-state index in [-0.39, 0.29) is 30.6 Å². The van der Waals surface area contributed by atoms with Gasteiger partial charge in [-0.2, -0.15) is 0 Å². The molecule has 1 aliphatic rings. The fraction of sp³-hybridized carbons (Fsp3) is 0.370. The van der Waals surface area contributed by atoms with Gasteiger partial charge in [0.1, 0.15) is 11.3 Å². The van der Waals surface area contributed by atoms with Crippen LogP contribution in [0.1, 0.15) is 36.0 Å². The molecule has 1 fully saturated rings. The third kappa shape index (κ3) is 5.71. The fourth-order valence-electron chi connectivity index (χ4n) is 4.69. The minimum Gasteiger partial charge on any atom is -0.497 e. The van der Waals surface area contributed by atoms with E-state index >= 15 is 0 Å². The van der Waals surface area contributed by atoms with Crippen molar-refractivity contribution in [1.29, 1.82) is 0 Å². The van der Waals surface area contributed by atoms with Crippen LogP contribution in [0.15, 0.2) is 51.7 Å². The van der Waals surface area contributed by atoms with Gasteiger partial charge in [0.15, 0.2) is 0 Å². The van der Waals surface area contributed by atoms with Crippen LogP contribution in [0.5, 0.6) is 5.75 Å². The first kappa shape index (κ1) is 24.5. The van der Waals surface area contributed by atoms with Crippen molar-refractivity contribution in [3.8, 4) is 5.75 Å². The Morgan fingerprint density at radius 2 is 2.03 bits per heavy atom.